The van der Waals surface area contributed by atoms with Crippen LogP contribution >= 0.6 is 0 Å². The monoisotopic (exact) mass is 640 g/mol. The molecule has 2 aliphatic rings. The van der Waals surface area contributed by atoms with E-state index < -0.39 is 22.8 Å². The lowest BCUT2D eigenvalue weighted by atomic mass is 10.1. The van der Waals surface area contributed by atoms with Crippen molar-refractivity contribution in [3.63, 3.8) is 0 Å². The molecular formula is C35H40N6O4S. The van der Waals surface area contributed by atoms with Gasteiger partial charge < -0.3 is 15.0 Å². The Bertz CT molecular complexity index is 1700. The molecule has 10 nitrogen and oxygen atoms in total. The molecule has 2 aromatic heterocycles. The van der Waals surface area contributed by atoms with Crippen molar-refractivity contribution in [3.8, 4) is 11.8 Å². The Morgan fingerprint density at radius 1 is 1.17 bits per heavy atom. The van der Waals surface area contributed by atoms with Crippen molar-refractivity contribution < 1.29 is 18.5 Å². The van der Waals surface area contributed by atoms with Gasteiger partial charge in [0.05, 0.1) is 27.0 Å². The molecule has 3 aromatic rings. The number of pyridine rings is 2. The fourth-order valence-electron chi connectivity index (χ4n) is 5.76. The summed E-state index contributed by atoms with van der Waals surface area (Å²) in [5.74, 6) is 1.23. The highest BCUT2D eigenvalue weighted by Gasteiger charge is 2.31. The minimum Gasteiger partial charge on any atom is -0.481 e. The maximum atomic E-state index is 13.4. The minimum atomic E-state index is -1.43. The van der Waals surface area contributed by atoms with Gasteiger partial charge in [-0.1, -0.05) is 19.6 Å². The third-order valence-corrected chi connectivity index (χ3v) is 9.87. The first-order chi connectivity index (χ1) is 22.1. The van der Waals surface area contributed by atoms with Gasteiger partial charge in [-0.2, -0.15) is 5.26 Å². The van der Waals surface area contributed by atoms with Crippen LogP contribution in [0.3, 0.4) is 0 Å². The SMILES string of the molecule is C=CC(=O)N1CCN(C[C@@H](Oc2cc(C)c(C(=O)Nc3ncc(C#N)cc3C)cc2S(=O)CC)c2ccc(C3CC3)cn2)C[C@H]1C. The largest absolute Gasteiger partial charge is 0.481 e. The Morgan fingerprint density at radius 2 is 1.96 bits per heavy atom. The maximum Gasteiger partial charge on any atom is 0.257 e. The van der Waals surface area contributed by atoms with Crippen LogP contribution in [0, 0.1) is 25.2 Å². The van der Waals surface area contributed by atoms with Crippen LogP contribution in [0.5, 0.6) is 5.75 Å². The second-order valence-corrected chi connectivity index (χ2v) is 13.7. The molecule has 11 heteroatoms. The molecule has 1 saturated heterocycles. The molecule has 3 heterocycles. The third-order valence-electron chi connectivity index (χ3n) is 8.53. The van der Waals surface area contributed by atoms with E-state index in [2.05, 4.69) is 27.8 Å². The number of rotatable bonds is 11. The second kappa shape index (κ2) is 14.4. The van der Waals surface area contributed by atoms with Crippen molar-refractivity contribution in [2.75, 3.05) is 37.2 Å². The van der Waals surface area contributed by atoms with Crippen LogP contribution < -0.4 is 10.1 Å². The topological polar surface area (TPSA) is 129 Å². The summed E-state index contributed by atoms with van der Waals surface area (Å²) in [7, 11) is -1.43. The zero-order valence-corrected chi connectivity index (χ0v) is 27.6. The van der Waals surface area contributed by atoms with Crippen molar-refractivity contribution in [2.24, 2.45) is 0 Å². The lowest BCUT2D eigenvalue weighted by Gasteiger charge is -2.40. The summed E-state index contributed by atoms with van der Waals surface area (Å²) in [4.78, 5) is 39.3. The van der Waals surface area contributed by atoms with Crippen LogP contribution in [0.25, 0.3) is 0 Å². The Morgan fingerprint density at radius 3 is 2.57 bits per heavy atom. The number of carbonyl (C=O) groups is 2. The molecular weight excluding hydrogens is 600 g/mol. The molecule has 0 radical (unpaired) electrons. The van der Waals surface area contributed by atoms with E-state index in [1.54, 1.807) is 25.1 Å². The van der Waals surface area contributed by atoms with Gasteiger partial charge in [-0.25, -0.2) is 4.98 Å². The number of carbonyl (C=O) groups excluding carboxylic acids is 2. The van der Waals surface area contributed by atoms with Crippen molar-refractivity contribution in [1.82, 2.24) is 19.8 Å². The quantitative estimate of drug-likeness (QED) is 0.288. The normalized spacial score (nSPS) is 17.9. The number of nitriles is 1. The Balaban J connectivity index is 1.44. The first kappa shape index (κ1) is 33.0. The minimum absolute atomic E-state index is 0.00234. The number of nitrogens with one attached hydrogen (secondary N) is 1. The summed E-state index contributed by atoms with van der Waals surface area (Å²) in [6.45, 7) is 13.5. The van der Waals surface area contributed by atoms with E-state index in [1.165, 1.54) is 30.7 Å². The van der Waals surface area contributed by atoms with Crippen LogP contribution in [0.1, 0.15) is 77.0 Å². The van der Waals surface area contributed by atoms with Crippen LogP contribution in [0.4, 0.5) is 5.82 Å². The van der Waals surface area contributed by atoms with Gasteiger partial charge in [-0.3, -0.25) is 23.7 Å². The molecule has 1 unspecified atom stereocenters. The predicted molar refractivity (Wildman–Crippen MR) is 177 cm³/mol. The number of anilines is 1. The van der Waals surface area contributed by atoms with Crippen LogP contribution in [0.15, 0.2) is 60.3 Å². The first-order valence-corrected chi connectivity index (χ1v) is 16.9. The zero-order chi connectivity index (χ0) is 33.0. The summed E-state index contributed by atoms with van der Waals surface area (Å²) >= 11 is 0. The van der Waals surface area contributed by atoms with Crippen molar-refractivity contribution in [1.29, 1.82) is 5.26 Å². The number of aryl methyl sites for hydroxylation is 2. The van der Waals surface area contributed by atoms with Crippen LogP contribution in [0.2, 0.25) is 0 Å². The molecule has 2 fully saturated rings. The van der Waals surface area contributed by atoms with Gasteiger partial charge in [0.2, 0.25) is 5.91 Å². The fraction of sp³-hybridized carbons (Fsp3) is 0.400. The van der Waals surface area contributed by atoms with Gasteiger partial charge in [-0.15, -0.1) is 0 Å². The number of hydrogen-bond acceptors (Lipinski definition) is 8. The van der Waals surface area contributed by atoms with Gasteiger partial charge in [-0.05, 0) is 86.6 Å². The highest BCUT2D eigenvalue weighted by Crippen LogP contribution is 2.40. The van der Waals surface area contributed by atoms with Gasteiger partial charge in [0.15, 0.2) is 6.10 Å². The van der Waals surface area contributed by atoms with Crippen LogP contribution in [-0.4, -0.2) is 73.8 Å². The maximum absolute atomic E-state index is 13.4. The molecule has 2 amide bonds. The number of benzene rings is 1. The van der Waals surface area contributed by atoms with Gasteiger partial charge in [0.1, 0.15) is 17.6 Å². The molecule has 46 heavy (non-hydrogen) atoms. The smallest absolute Gasteiger partial charge is 0.257 e. The highest BCUT2D eigenvalue weighted by atomic mass is 32.2. The summed E-state index contributed by atoms with van der Waals surface area (Å²) in [5.41, 5.74) is 4.05. The van der Waals surface area contributed by atoms with E-state index in [4.69, 9.17) is 15.0 Å². The Labute approximate surface area is 272 Å². The van der Waals surface area contributed by atoms with Crippen LogP contribution in [-0.2, 0) is 15.6 Å². The summed E-state index contributed by atoms with van der Waals surface area (Å²) < 4.78 is 20.1. The van der Waals surface area contributed by atoms with Crippen molar-refractivity contribution in [2.45, 2.75) is 63.5 Å². The highest BCUT2D eigenvalue weighted by molar-refractivity contribution is 7.85. The van der Waals surface area contributed by atoms with Crippen molar-refractivity contribution in [3.05, 3.63) is 88.9 Å². The van der Waals surface area contributed by atoms with E-state index in [1.807, 2.05) is 44.0 Å². The number of nitrogens with zero attached hydrogens (tertiary/aromatic N) is 5. The Kier molecular flexibility index (Phi) is 10.3. The van der Waals surface area contributed by atoms with E-state index >= 15 is 0 Å². The van der Waals surface area contributed by atoms with E-state index in [-0.39, 0.29) is 11.9 Å². The molecule has 0 bridgehead atoms. The summed E-state index contributed by atoms with van der Waals surface area (Å²) in [5, 5.41) is 12.0. The number of ether oxygens (including phenoxy) is 1. The first-order valence-electron chi connectivity index (χ1n) is 15.6. The van der Waals surface area contributed by atoms with Gasteiger partial charge >= 0.3 is 0 Å². The molecule has 240 valence electrons. The lowest BCUT2D eigenvalue weighted by molar-refractivity contribution is -0.130. The number of hydrogen-bond donors (Lipinski definition) is 1. The summed E-state index contributed by atoms with van der Waals surface area (Å²) in [6.07, 6.45) is 6.56. The molecule has 1 aliphatic carbocycles. The predicted octanol–water partition coefficient (Wildman–Crippen LogP) is 5.06. The molecule has 1 aromatic carbocycles. The van der Waals surface area contributed by atoms with Gasteiger partial charge in [0, 0.05) is 55.9 Å². The summed E-state index contributed by atoms with van der Waals surface area (Å²) in [6, 6.07) is 11.2. The lowest BCUT2D eigenvalue weighted by Crippen LogP contribution is -2.54. The second-order valence-electron chi connectivity index (χ2n) is 11.9. The van der Waals surface area contributed by atoms with E-state index in [0.29, 0.717) is 76.6 Å². The van der Waals surface area contributed by atoms with Crippen molar-refractivity contribution >= 4 is 28.4 Å². The van der Waals surface area contributed by atoms with E-state index in [0.717, 1.165) is 5.69 Å². The van der Waals surface area contributed by atoms with Gasteiger partial charge in [0.25, 0.3) is 5.91 Å². The Hall–Kier alpha value is -4.40. The fourth-order valence-corrected chi connectivity index (χ4v) is 6.65. The number of amides is 2. The number of piperazine rings is 1. The molecule has 1 aliphatic heterocycles. The molecule has 1 saturated carbocycles. The molecule has 1 N–H and O–H groups in total. The molecule has 5 rings (SSSR count). The average Bonchev–Trinajstić information content (AvgIpc) is 3.91. The third kappa shape index (κ3) is 7.52. The molecule has 3 atom stereocenters. The standard InChI is InChI=1S/C35H40N6O4S/c1-6-33(42)41-13-12-40(20-24(41)5)21-31(29-11-10-27(19-37-29)26-8-9-26)45-30-15-22(3)28(16-32(30)46(44)7-2)35(43)39-34-23(4)14-25(17-36)18-38-34/h6,10-11,14-16,18-19,24,26,31H,1,7-9,12-13,20-21H2,2-5H3,(H,38,39,43)/t24-,31-,46?/m1/s1. The zero-order valence-electron chi connectivity index (χ0n) is 26.8. The average molecular weight is 641 g/mol. The molecule has 0 spiro atoms. The van der Waals surface area contributed by atoms with E-state index in [9.17, 15) is 13.8 Å². The number of aromatic nitrogens is 2.